The molecule has 21 heavy (non-hydrogen) atoms. The van der Waals surface area contributed by atoms with Crippen molar-refractivity contribution in [2.75, 3.05) is 19.0 Å². The molecule has 0 saturated heterocycles. The molecular weight excluding hydrogens is 268 g/mol. The van der Waals surface area contributed by atoms with Crippen LogP contribution in [0.5, 0.6) is 0 Å². The molecule has 0 aliphatic heterocycles. The number of amides is 1. The summed E-state index contributed by atoms with van der Waals surface area (Å²) in [6.07, 6.45) is 1.68. The monoisotopic (exact) mass is 288 g/mol. The summed E-state index contributed by atoms with van der Waals surface area (Å²) >= 11 is 0. The Labute approximate surface area is 124 Å². The quantitative estimate of drug-likeness (QED) is 0.901. The molecule has 1 amide bonds. The lowest BCUT2D eigenvalue weighted by Gasteiger charge is -2.11. The SMILES string of the molecule is Cc1nn(C)c(C)c1C(=O)NCc1ccnc(N(C)C)n1. The number of nitrogens with one attached hydrogen (secondary N) is 1. The summed E-state index contributed by atoms with van der Waals surface area (Å²) in [5.74, 6) is 0.485. The van der Waals surface area contributed by atoms with Crippen LogP contribution in [0.1, 0.15) is 27.4 Å². The van der Waals surface area contributed by atoms with Crippen molar-refractivity contribution in [3.05, 3.63) is 34.9 Å². The first-order valence-corrected chi connectivity index (χ1v) is 6.67. The van der Waals surface area contributed by atoms with Crippen molar-refractivity contribution in [3.63, 3.8) is 0 Å². The molecule has 0 atom stereocenters. The molecule has 0 unspecified atom stereocenters. The van der Waals surface area contributed by atoms with Crippen molar-refractivity contribution in [1.29, 1.82) is 0 Å². The van der Waals surface area contributed by atoms with Gasteiger partial charge >= 0.3 is 0 Å². The van der Waals surface area contributed by atoms with E-state index in [4.69, 9.17) is 0 Å². The van der Waals surface area contributed by atoms with Crippen molar-refractivity contribution in [2.24, 2.45) is 7.05 Å². The van der Waals surface area contributed by atoms with Gasteiger partial charge in [0.25, 0.3) is 5.91 Å². The largest absolute Gasteiger partial charge is 0.347 e. The predicted molar refractivity (Wildman–Crippen MR) is 80.2 cm³/mol. The summed E-state index contributed by atoms with van der Waals surface area (Å²) in [7, 11) is 5.58. The minimum Gasteiger partial charge on any atom is -0.347 e. The number of aryl methyl sites for hydroxylation is 2. The van der Waals surface area contributed by atoms with E-state index in [1.165, 1.54) is 0 Å². The fourth-order valence-electron chi connectivity index (χ4n) is 2.06. The van der Waals surface area contributed by atoms with Gasteiger partial charge in [0.05, 0.1) is 23.5 Å². The van der Waals surface area contributed by atoms with Gasteiger partial charge in [-0.25, -0.2) is 9.97 Å². The first-order chi connectivity index (χ1) is 9.90. The third-order valence-corrected chi connectivity index (χ3v) is 3.27. The van der Waals surface area contributed by atoms with Gasteiger partial charge in [0.2, 0.25) is 5.95 Å². The van der Waals surface area contributed by atoms with Gasteiger partial charge in [-0.05, 0) is 19.9 Å². The Balaban J connectivity index is 2.09. The van der Waals surface area contributed by atoms with E-state index in [0.29, 0.717) is 18.1 Å². The predicted octanol–water partition coefficient (Wildman–Crippen LogP) is 0.823. The molecule has 7 heteroatoms. The number of carbonyl (C=O) groups excluding carboxylic acids is 1. The lowest BCUT2D eigenvalue weighted by Crippen LogP contribution is -2.25. The number of hydrogen-bond donors (Lipinski definition) is 1. The second kappa shape index (κ2) is 5.90. The number of carbonyl (C=O) groups is 1. The van der Waals surface area contributed by atoms with Crippen molar-refractivity contribution in [1.82, 2.24) is 25.1 Å². The molecule has 0 aromatic carbocycles. The molecule has 0 saturated carbocycles. The Kier molecular flexibility index (Phi) is 4.21. The summed E-state index contributed by atoms with van der Waals surface area (Å²) in [5, 5.41) is 7.12. The van der Waals surface area contributed by atoms with Gasteiger partial charge < -0.3 is 10.2 Å². The zero-order valence-electron chi connectivity index (χ0n) is 13.0. The molecule has 0 aliphatic rings. The standard InChI is InChI=1S/C14H20N6O/c1-9-12(10(2)20(5)18-9)13(21)16-8-11-6-7-15-14(17-11)19(3)4/h6-7H,8H2,1-5H3,(H,16,21). The zero-order chi connectivity index (χ0) is 15.6. The molecular formula is C14H20N6O. The molecule has 0 bridgehead atoms. The van der Waals surface area contributed by atoms with Crippen LogP contribution in [-0.4, -0.2) is 39.8 Å². The number of nitrogens with zero attached hydrogens (tertiary/aromatic N) is 5. The fraction of sp³-hybridized carbons (Fsp3) is 0.429. The van der Waals surface area contributed by atoms with Crippen LogP contribution in [0.2, 0.25) is 0 Å². The van der Waals surface area contributed by atoms with E-state index in [1.807, 2.05) is 39.9 Å². The molecule has 2 aromatic heterocycles. The van der Waals surface area contributed by atoms with E-state index < -0.39 is 0 Å². The lowest BCUT2D eigenvalue weighted by atomic mass is 10.2. The van der Waals surface area contributed by atoms with Gasteiger partial charge in [-0.2, -0.15) is 5.10 Å². The molecule has 2 aromatic rings. The van der Waals surface area contributed by atoms with Gasteiger partial charge in [-0.15, -0.1) is 0 Å². The van der Waals surface area contributed by atoms with E-state index in [9.17, 15) is 4.79 Å². The van der Waals surface area contributed by atoms with Crippen molar-refractivity contribution in [3.8, 4) is 0 Å². The third-order valence-electron chi connectivity index (χ3n) is 3.27. The summed E-state index contributed by atoms with van der Waals surface area (Å²) < 4.78 is 1.71. The minimum absolute atomic E-state index is 0.136. The second-order valence-corrected chi connectivity index (χ2v) is 5.09. The summed E-state index contributed by atoms with van der Waals surface area (Å²) in [5.41, 5.74) is 2.96. The maximum atomic E-state index is 12.3. The third kappa shape index (κ3) is 3.18. The van der Waals surface area contributed by atoms with E-state index >= 15 is 0 Å². The zero-order valence-corrected chi connectivity index (χ0v) is 13.0. The Hall–Kier alpha value is -2.44. The van der Waals surface area contributed by atoms with E-state index in [-0.39, 0.29) is 5.91 Å². The average Bonchev–Trinajstić information content (AvgIpc) is 2.70. The maximum absolute atomic E-state index is 12.3. The molecule has 7 nitrogen and oxygen atoms in total. The van der Waals surface area contributed by atoms with Crippen molar-refractivity contribution in [2.45, 2.75) is 20.4 Å². The van der Waals surface area contributed by atoms with Crippen LogP contribution in [0.15, 0.2) is 12.3 Å². The highest BCUT2D eigenvalue weighted by molar-refractivity contribution is 5.96. The average molecular weight is 288 g/mol. The Morgan fingerprint density at radius 3 is 2.67 bits per heavy atom. The highest BCUT2D eigenvalue weighted by Crippen LogP contribution is 2.12. The van der Waals surface area contributed by atoms with Gasteiger partial charge in [0.15, 0.2) is 0 Å². The Bertz CT molecular complexity index is 661. The van der Waals surface area contributed by atoms with Gasteiger partial charge in [0.1, 0.15) is 0 Å². The molecule has 1 N–H and O–H groups in total. The fourth-order valence-corrected chi connectivity index (χ4v) is 2.06. The van der Waals surface area contributed by atoms with Crippen LogP contribution >= 0.6 is 0 Å². The minimum atomic E-state index is -0.136. The first-order valence-electron chi connectivity index (χ1n) is 6.67. The number of rotatable bonds is 4. The Morgan fingerprint density at radius 2 is 2.10 bits per heavy atom. The van der Waals surface area contributed by atoms with Crippen LogP contribution in [0.3, 0.4) is 0 Å². The number of anilines is 1. The first kappa shape index (κ1) is 15.0. The van der Waals surface area contributed by atoms with Gasteiger partial charge in [-0.1, -0.05) is 0 Å². The Morgan fingerprint density at radius 1 is 1.38 bits per heavy atom. The van der Waals surface area contributed by atoms with Crippen LogP contribution < -0.4 is 10.2 Å². The summed E-state index contributed by atoms with van der Waals surface area (Å²) in [6, 6.07) is 1.79. The highest BCUT2D eigenvalue weighted by Gasteiger charge is 2.17. The van der Waals surface area contributed by atoms with Crippen molar-refractivity contribution >= 4 is 11.9 Å². The number of aromatic nitrogens is 4. The van der Waals surface area contributed by atoms with Gasteiger partial charge in [-0.3, -0.25) is 9.48 Å². The molecule has 2 rings (SSSR count). The lowest BCUT2D eigenvalue weighted by molar-refractivity contribution is 0.0949. The van der Waals surface area contributed by atoms with Crippen LogP contribution in [0.25, 0.3) is 0 Å². The van der Waals surface area contributed by atoms with Crippen LogP contribution in [-0.2, 0) is 13.6 Å². The highest BCUT2D eigenvalue weighted by atomic mass is 16.1. The van der Waals surface area contributed by atoms with E-state index in [0.717, 1.165) is 17.1 Å². The number of hydrogen-bond acceptors (Lipinski definition) is 5. The van der Waals surface area contributed by atoms with Crippen LogP contribution in [0.4, 0.5) is 5.95 Å². The molecule has 0 aliphatic carbocycles. The topological polar surface area (TPSA) is 75.9 Å². The normalized spacial score (nSPS) is 10.5. The van der Waals surface area contributed by atoms with Crippen molar-refractivity contribution < 1.29 is 4.79 Å². The molecule has 2 heterocycles. The molecule has 0 radical (unpaired) electrons. The van der Waals surface area contributed by atoms with E-state index in [1.54, 1.807) is 16.9 Å². The summed E-state index contributed by atoms with van der Waals surface area (Å²) in [6.45, 7) is 4.07. The smallest absolute Gasteiger partial charge is 0.255 e. The van der Waals surface area contributed by atoms with E-state index in [2.05, 4.69) is 20.4 Å². The second-order valence-electron chi connectivity index (χ2n) is 5.09. The summed E-state index contributed by atoms with van der Waals surface area (Å²) in [4.78, 5) is 22.6. The van der Waals surface area contributed by atoms with Crippen LogP contribution in [0, 0.1) is 13.8 Å². The molecule has 0 fully saturated rings. The maximum Gasteiger partial charge on any atom is 0.255 e. The molecule has 112 valence electrons. The van der Waals surface area contributed by atoms with Gasteiger partial charge in [0, 0.05) is 33.0 Å². The molecule has 0 spiro atoms.